The molecule has 0 fully saturated rings. The van der Waals surface area contributed by atoms with Crippen molar-refractivity contribution in [1.29, 1.82) is 0 Å². The molecule has 1 aromatic heterocycles. The minimum absolute atomic E-state index is 0.131. The van der Waals surface area contributed by atoms with Crippen molar-refractivity contribution in [3.63, 3.8) is 0 Å². The van der Waals surface area contributed by atoms with E-state index in [1.54, 1.807) is 36.2 Å². The first-order valence-corrected chi connectivity index (χ1v) is 10.6. The minimum Gasteiger partial charge on any atom is -0.340 e. The molecule has 0 saturated heterocycles. The molecule has 6 heteroatoms. The van der Waals surface area contributed by atoms with Gasteiger partial charge < -0.3 is 4.90 Å². The average Bonchev–Trinajstić information content (AvgIpc) is 2.83. The van der Waals surface area contributed by atoms with Gasteiger partial charge in [-0.15, -0.1) is 0 Å². The molecule has 0 aliphatic carbocycles. The lowest BCUT2D eigenvalue weighted by Crippen LogP contribution is -2.43. The molecule has 0 unspecified atom stereocenters. The number of likely N-dealkylation sites (N-methyl/N-ethyl adjacent to an activating group) is 1. The molecule has 0 radical (unpaired) electrons. The van der Waals surface area contributed by atoms with Gasteiger partial charge in [0.2, 0.25) is 5.91 Å². The Morgan fingerprint density at radius 3 is 2.06 bits per heavy atom. The van der Waals surface area contributed by atoms with Gasteiger partial charge in [0.25, 0.3) is 5.56 Å². The van der Waals surface area contributed by atoms with Crippen LogP contribution in [0.4, 0.5) is 0 Å². The van der Waals surface area contributed by atoms with Crippen LogP contribution in [0.3, 0.4) is 0 Å². The van der Waals surface area contributed by atoms with Gasteiger partial charge in [0, 0.05) is 20.1 Å². The maximum Gasteiger partial charge on any atom is 0.331 e. The summed E-state index contributed by atoms with van der Waals surface area (Å²) >= 11 is 0. The summed E-state index contributed by atoms with van der Waals surface area (Å²) in [5.74, 6) is -0.200. The van der Waals surface area contributed by atoms with Gasteiger partial charge in [-0.3, -0.25) is 18.7 Å². The molecule has 0 saturated carbocycles. The molecule has 1 amide bonds. The van der Waals surface area contributed by atoms with Gasteiger partial charge in [0.1, 0.15) is 6.54 Å². The summed E-state index contributed by atoms with van der Waals surface area (Å²) in [4.78, 5) is 40.9. The fraction of sp³-hybridized carbons (Fsp3) is 0.192. The van der Waals surface area contributed by atoms with Gasteiger partial charge in [0.15, 0.2) is 0 Å². The highest BCUT2D eigenvalue weighted by Crippen LogP contribution is 2.10. The number of benzene rings is 3. The van der Waals surface area contributed by atoms with Crippen LogP contribution >= 0.6 is 0 Å². The quantitative estimate of drug-likeness (QED) is 0.455. The fourth-order valence-corrected chi connectivity index (χ4v) is 3.81. The number of aromatic nitrogens is 2. The molecule has 0 aliphatic rings. The Morgan fingerprint density at radius 1 is 0.781 bits per heavy atom. The van der Waals surface area contributed by atoms with E-state index in [4.69, 9.17) is 0 Å². The zero-order valence-electron chi connectivity index (χ0n) is 18.0. The SMILES string of the molecule is CN(Cc1ccccc1)C(=O)Cn1c(=O)n(CCc2ccccc2)c(=O)c2ccccc21. The van der Waals surface area contributed by atoms with Crippen molar-refractivity contribution in [3.8, 4) is 0 Å². The second kappa shape index (κ2) is 9.47. The van der Waals surface area contributed by atoms with E-state index in [2.05, 4.69) is 0 Å². The van der Waals surface area contributed by atoms with E-state index in [-0.39, 0.29) is 24.6 Å². The highest BCUT2D eigenvalue weighted by molar-refractivity contribution is 5.81. The predicted molar refractivity (Wildman–Crippen MR) is 126 cm³/mol. The molecule has 1 heterocycles. The number of hydrogen-bond donors (Lipinski definition) is 0. The number of nitrogens with zero attached hydrogens (tertiary/aromatic N) is 3. The molecular formula is C26H25N3O3. The number of fused-ring (bicyclic) bond motifs is 1. The molecule has 0 N–H and O–H groups in total. The molecule has 4 aromatic rings. The molecule has 162 valence electrons. The maximum absolute atomic E-state index is 13.3. The second-order valence-corrected chi connectivity index (χ2v) is 7.81. The lowest BCUT2D eigenvalue weighted by Gasteiger charge is -2.19. The number of hydrogen-bond acceptors (Lipinski definition) is 3. The third-order valence-corrected chi connectivity index (χ3v) is 5.58. The van der Waals surface area contributed by atoms with E-state index in [1.165, 1.54) is 9.13 Å². The molecule has 4 rings (SSSR count). The van der Waals surface area contributed by atoms with Crippen molar-refractivity contribution in [2.45, 2.75) is 26.1 Å². The molecule has 0 bridgehead atoms. The van der Waals surface area contributed by atoms with Crippen LogP contribution < -0.4 is 11.2 Å². The van der Waals surface area contributed by atoms with Crippen LogP contribution in [0, 0.1) is 0 Å². The van der Waals surface area contributed by atoms with Crippen molar-refractivity contribution in [1.82, 2.24) is 14.0 Å². The van der Waals surface area contributed by atoms with Crippen LogP contribution in [-0.2, 0) is 30.8 Å². The van der Waals surface area contributed by atoms with Crippen molar-refractivity contribution < 1.29 is 4.79 Å². The molecule has 0 atom stereocenters. The van der Waals surface area contributed by atoms with Crippen molar-refractivity contribution >= 4 is 16.8 Å². The largest absolute Gasteiger partial charge is 0.340 e. The number of carbonyl (C=O) groups excluding carboxylic acids is 1. The minimum atomic E-state index is -0.467. The molecule has 0 spiro atoms. The summed E-state index contributed by atoms with van der Waals surface area (Å²) in [6, 6.07) is 26.3. The van der Waals surface area contributed by atoms with Gasteiger partial charge in [0.05, 0.1) is 10.9 Å². The van der Waals surface area contributed by atoms with Gasteiger partial charge >= 0.3 is 5.69 Å². The standard InChI is InChI=1S/C26H25N3O3/c1-27(18-21-12-6-3-7-13-21)24(30)19-29-23-15-9-8-14-22(23)25(31)28(26(29)32)17-16-20-10-4-2-5-11-20/h2-15H,16-19H2,1H3. The number of aryl methyl sites for hydroxylation is 1. The zero-order valence-corrected chi connectivity index (χ0v) is 18.0. The van der Waals surface area contributed by atoms with Crippen LogP contribution in [-0.4, -0.2) is 27.0 Å². The Hall–Kier alpha value is -3.93. The number of rotatable bonds is 7. The summed E-state index contributed by atoms with van der Waals surface area (Å²) in [5.41, 5.74) is 1.72. The Bertz CT molecular complexity index is 1340. The summed E-state index contributed by atoms with van der Waals surface area (Å²) in [5, 5.41) is 0.429. The van der Waals surface area contributed by atoms with Gasteiger partial charge in [-0.05, 0) is 29.7 Å². The third kappa shape index (κ3) is 4.54. The lowest BCUT2D eigenvalue weighted by molar-refractivity contribution is -0.131. The smallest absolute Gasteiger partial charge is 0.331 e. The molecule has 0 aliphatic heterocycles. The van der Waals surface area contributed by atoms with E-state index in [0.717, 1.165) is 11.1 Å². The Kier molecular flexibility index (Phi) is 6.31. The van der Waals surface area contributed by atoms with E-state index in [1.807, 2.05) is 60.7 Å². The maximum atomic E-state index is 13.3. The molecule has 32 heavy (non-hydrogen) atoms. The predicted octanol–water partition coefficient (Wildman–Crippen LogP) is 3.06. The monoisotopic (exact) mass is 427 g/mol. The van der Waals surface area contributed by atoms with E-state index < -0.39 is 5.69 Å². The van der Waals surface area contributed by atoms with Crippen LogP contribution in [0.25, 0.3) is 10.9 Å². The number of para-hydroxylation sites is 1. The summed E-state index contributed by atoms with van der Waals surface area (Å²) in [6.45, 7) is 0.564. The van der Waals surface area contributed by atoms with E-state index in [0.29, 0.717) is 23.9 Å². The van der Waals surface area contributed by atoms with Gasteiger partial charge in [-0.25, -0.2) is 4.79 Å². The summed E-state index contributed by atoms with van der Waals surface area (Å²) < 4.78 is 2.64. The lowest BCUT2D eigenvalue weighted by atomic mass is 10.1. The first kappa shape index (κ1) is 21.3. The van der Waals surface area contributed by atoms with Crippen molar-refractivity contribution in [2.75, 3.05) is 7.05 Å². The highest BCUT2D eigenvalue weighted by atomic mass is 16.2. The summed E-state index contributed by atoms with van der Waals surface area (Å²) in [6.07, 6.45) is 0.552. The van der Waals surface area contributed by atoms with Crippen LogP contribution in [0.2, 0.25) is 0 Å². The topological polar surface area (TPSA) is 64.3 Å². The zero-order chi connectivity index (χ0) is 22.5. The molecular weight excluding hydrogens is 402 g/mol. The fourth-order valence-electron chi connectivity index (χ4n) is 3.81. The Morgan fingerprint density at radius 2 is 1.38 bits per heavy atom. The summed E-state index contributed by atoms with van der Waals surface area (Å²) in [7, 11) is 1.72. The van der Waals surface area contributed by atoms with Crippen molar-refractivity contribution in [2.24, 2.45) is 0 Å². The van der Waals surface area contributed by atoms with Crippen molar-refractivity contribution in [3.05, 3.63) is 117 Å². The van der Waals surface area contributed by atoms with Crippen LogP contribution in [0.5, 0.6) is 0 Å². The van der Waals surface area contributed by atoms with Gasteiger partial charge in [-0.2, -0.15) is 0 Å². The van der Waals surface area contributed by atoms with Crippen LogP contribution in [0.1, 0.15) is 11.1 Å². The van der Waals surface area contributed by atoms with Crippen LogP contribution in [0.15, 0.2) is 94.5 Å². The number of amides is 1. The average molecular weight is 428 g/mol. The van der Waals surface area contributed by atoms with E-state index in [9.17, 15) is 14.4 Å². The Balaban J connectivity index is 1.66. The first-order valence-electron chi connectivity index (χ1n) is 10.6. The normalized spacial score (nSPS) is 10.9. The third-order valence-electron chi connectivity index (χ3n) is 5.58. The molecule has 6 nitrogen and oxygen atoms in total. The molecule has 3 aromatic carbocycles. The highest BCUT2D eigenvalue weighted by Gasteiger charge is 2.17. The second-order valence-electron chi connectivity index (χ2n) is 7.81. The first-order chi connectivity index (χ1) is 15.5. The van der Waals surface area contributed by atoms with Gasteiger partial charge in [-0.1, -0.05) is 72.8 Å². The number of carbonyl (C=O) groups is 1. The van der Waals surface area contributed by atoms with E-state index >= 15 is 0 Å². The Labute approximate surface area is 186 Å².